The van der Waals surface area contributed by atoms with Gasteiger partial charge in [0.15, 0.2) is 0 Å². The van der Waals surface area contributed by atoms with Gasteiger partial charge in [0, 0.05) is 25.3 Å². The van der Waals surface area contributed by atoms with Gasteiger partial charge in [-0.25, -0.2) is 0 Å². The molecule has 100 valence electrons. The third kappa shape index (κ3) is 2.86. The van der Waals surface area contributed by atoms with E-state index >= 15 is 0 Å². The first-order chi connectivity index (χ1) is 8.74. The topological polar surface area (TPSA) is 29.3 Å². The van der Waals surface area contributed by atoms with Crippen LogP contribution in [-0.2, 0) is 0 Å². The van der Waals surface area contributed by atoms with Crippen LogP contribution < -0.4 is 10.6 Å². The zero-order valence-corrected chi connectivity index (χ0v) is 11.7. The van der Waals surface area contributed by atoms with Crippen molar-refractivity contribution in [1.82, 2.24) is 0 Å². The molecule has 2 N–H and O–H groups in total. The summed E-state index contributed by atoms with van der Waals surface area (Å²) in [6.07, 6.45) is 6.85. The number of nitrogens with zero attached hydrogens (tertiary/aromatic N) is 1. The number of nitrogens with two attached hydrogens (primary N) is 1. The number of rotatable bonds is 4. The second-order valence-corrected chi connectivity index (χ2v) is 5.60. The highest BCUT2D eigenvalue weighted by molar-refractivity contribution is 5.53. The smallest absolute Gasteiger partial charge is 0.0437 e. The average Bonchev–Trinajstić information content (AvgIpc) is 2.41. The van der Waals surface area contributed by atoms with E-state index in [0.717, 1.165) is 12.5 Å². The molecular weight excluding hydrogens is 220 g/mol. The van der Waals surface area contributed by atoms with Crippen LogP contribution in [0.3, 0.4) is 0 Å². The van der Waals surface area contributed by atoms with Gasteiger partial charge in [-0.1, -0.05) is 37.5 Å². The molecule has 1 aliphatic rings. The fourth-order valence-corrected chi connectivity index (χ4v) is 3.32. The first-order valence-corrected chi connectivity index (χ1v) is 7.22. The van der Waals surface area contributed by atoms with Crippen LogP contribution in [0.25, 0.3) is 0 Å². The summed E-state index contributed by atoms with van der Waals surface area (Å²) < 4.78 is 0. The van der Waals surface area contributed by atoms with E-state index in [9.17, 15) is 0 Å². The molecule has 0 bridgehead atoms. The predicted molar refractivity (Wildman–Crippen MR) is 79.0 cm³/mol. The summed E-state index contributed by atoms with van der Waals surface area (Å²) in [5, 5.41) is 0. The number of hydrogen-bond donors (Lipinski definition) is 1. The minimum atomic E-state index is 0.492. The van der Waals surface area contributed by atoms with Crippen LogP contribution in [0.1, 0.15) is 37.7 Å². The third-order valence-electron chi connectivity index (χ3n) is 4.43. The minimum Gasteiger partial charge on any atom is -0.370 e. The lowest BCUT2D eigenvalue weighted by Crippen LogP contribution is -2.44. The largest absolute Gasteiger partial charge is 0.370 e. The predicted octanol–water partition coefficient (Wildman–Crippen LogP) is 3.34. The second-order valence-electron chi connectivity index (χ2n) is 5.60. The average molecular weight is 246 g/mol. The molecular formula is C16H26N2. The molecule has 18 heavy (non-hydrogen) atoms. The lowest BCUT2D eigenvalue weighted by molar-refractivity contribution is 0.302. The highest BCUT2D eigenvalue weighted by Crippen LogP contribution is 2.31. The number of aryl methyl sites for hydroxylation is 1. The van der Waals surface area contributed by atoms with E-state index in [0.29, 0.717) is 6.04 Å². The molecule has 0 spiro atoms. The number of anilines is 1. The number of para-hydroxylation sites is 1. The molecule has 0 heterocycles. The minimum absolute atomic E-state index is 0.492. The first-order valence-electron chi connectivity index (χ1n) is 7.22. The van der Waals surface area contributed by atoms with Gasteiger partial charge in [-0.2, -0.15) is 0 Å². The molecule has 1 saturated carbocycles. The van der Waals surface area contributed by atoms with E-state index in [2.05, 4.69) is 43.1 Å². The molecule has 0 radical (unpaired) electrons. The quantitative estimate of drug-likeness (QED) is 0.883. The van der Waals surface area contributed by atoms with E-state index in [1.54, 1.807) is 0 Å². The molecule has 0 aliphatic heterocycles. The van der Waals surface area contributed by atoms with Crippen LogP contribution in [0.15, 0.2) is 24.3 Å². The van der Waals surface area contributed by atoms with Gasteiger partial charge >= 0.3 is 0 Å². The third-order valence-corrected chi connectivity index (χ3v) is 4.43. The van der Waals surface area contributed by atoms with Crippen molar-refractivity contribution >= 4 is 5.69 Å². The Kier molecular flexibility index (Phi) is 4.65. The van der Waals surface area contributed by atoms with E-state index < -0.39 is 0 Å². The van der Waals surface area contributed by atoms with E-state index in [-0.39, 0.29) is 0 Å². The van der Waals surface area contributed by atoms with Gasteiger partial charge in [-0.3, -0.25) is 0 Å². The fraction of sp³-hybridized carbons (Fsp3) is 0.625. The lowest BCUT2D eigenvalue weighted by Gasteiger charge is -2.38. The Labute approximate surface area is 111 Å². The molecule has 0 aromatic heterocycles. The van der Waals surface area contributed by atoms with Crippen molar-refractivity contribution < 1.29 is 0 Å². The van der Waals surface area contributed by atoms with Crippen molar-refractivity contribution in [2.45, 2.75) is 45.1 Å². The normalized spacial score (nSPS) is 18.6. The summed E-state index contributed by atoms with van der Waals surface area (Å²) in [7, 11) is 2.20. The molecule has 1 fully saturated rings. The van der Waals surface area contributed by atoms with E-state index in [1.807, 2.05) is 0 Å². The number of benzene rings is 1. The summed E-state index contributed by atoms with van der Waals surface area (Å²) in [5.41, 5.74) is 8.72. The van der Waals surface area contributed by atoms with Gasteiger partial charge in [0.2, 0.25) is 0 Å². The van der Waals surface area contributed by atoms with Gasteiger partial charge in [0.05, 0.1) is 0 Å². The van der Waals surface area contributed by atoms with Gasteiger partial charge in [-0.05, 0) is 37.3 Å². The molecule has 1 aromatic carbocycles. The molecule has 1 atom stereocenters. The Balaban J connectivity index is 2.14. The summed E-state index contributed by atoms with van der Waals surface area (Å²) in [6, 6.07) is 9.10. The van der Waals surface area contributed by atoms with Gasteiger partial charge in [-0.15, -0.1) is 0 Å². The molecule has 0 saturated heterocycles. The van der Waals surface area contributed by atoms with Crippen LogP contribution in [0, 0.1) is 12.8 Å². The molecule has 1 unspecified atom stereocenters. The zero-order chi connectivity index (χ0) is 13.0. The Morgan fingerprint density at radius 1 is 1.22 bits per heavy atom. The monoisotopic (exact) mass is 246 g/mol. The maximum absolute atomic E-state index is 6.05. The molecule has 1 aliphatic carbocycles. The zero-order valence-electron chi connectivity index (χ0n) is 11.7. The maximum atomic E-state index is 6.05. The van der Waals surface area contributed by atoms with Crippen molar-refractivity contribution in [3.05, 3.63) is 29.8 Å². The Morgan fingerprint density at radius 3 is 2.50 bits per heavy atom. The Morgan fingerprint density at radius 2 is 1.89 bits per heavy atom. The van der Waals surface area contributed by atoms with Crippen LogP contribution in [-0.4, -0.2) is 19.6 Å². The highest BCUT2D eigenvalue weighted by Gasteiger charge is 2.26. The van der Waals surface area contributed by atoms with Gasteiger partial charge < -0.3 is 10.6 Å². The number of likely N-dealkylation sites (N-methyl/N-ethyl adjacent to an activating group) is 1. The Bertz CT molecular complexity index is 369. The van der Waals surface area contributed by atoms with Crippen LogP contribution in [0.5, 0.6) is 0 Å². The highest BCUT2D eigenvalue weighted by atomic mass is 15.1. The summed E-state index contributed by atoms with van der Waals surface area (Å²) in [4.78, 5) is 2.41. The van der Waals surface area contributed by atoms with Crippen molar-refractivity contribution in [2.24, 2.45) is 11.7 Å². The summed E-state index contributed by atoms with van der Waals surface area (Å²) in [6.45, 7) is 2.94. The van der Waals surface area contributed by atoms with Crippen molar-refractivity contribution in [2.75, 3.05) is 18.5 Å². The van der Waals surface area contributed by atoms with E-state index in [4.69, 9.17) is 5.73 Å². The van der Waals surface area contributed by atoms with Gasteiger partial charge in [0.25, 0.3) is 0 Å². The number of hydrogen-bond acceptors (Lipinski definition) is 2. The second kappa shape index (κ2) is 6.24. The molecule has 2 heteroatoms. The van der Waals surface area contributed by atoms with Crippen molar-refractivity contribution in [3.63, 3.8) is 0 Å². The fourth-order valence-electron chi connectivity index (χ4n) is 3.32. The van der Waals surface area contributed by atoms with Crippen molar-refractivity contribution in [1.29, 1.82) is 0 Å². The van der Waals surface area contributed by atoms with Crippen molar-refractivity contribution in [3.8, 4) is 0 Å². The van der Waals surface area contributed by atoms with Crippen LogP contribution in [0.2, 0.25) is 0 Å². The van der Waals surface area contributed by atoms with E-state index in [1.165, 1.54) is 43.4 Å². The van der Waals surface area contributed by atoms with Gasteiger partial charge in [0.1, 0.15) is 0 Å². The summed E-state index contributed by atoms with van der Waals surface area (Å²) in [5.74, 6) is 0.772. The SMILES string of the molecule is Cc1ccccc1N(C)C(CN)C1CCCCC1. The molecule has 2 nitrogen and oxygen atoms in total. The maximum Gasteiger partial charge on any atom is 0.0437 e. The molecule has 0 amide bonds. The Hall–Kier alpha value is -1.02. The summed E-state index contributed by atoms with van der Waals surface area (Å²) >= 11 is 0. The van der Waals surface area contributed by atoms with Crippen LogP contribution >= 0.6 is 0 Å². The molecule has 1 aromatic rings. The van der Waals surface area contributed by atoms with Crippen LogP contribution in [0.4, 0.5) is 5.69 Å². The molecule has 2 rings (SSSR count). The first kappa shape index (κ1) is 13.4. The standard InChI is InChI=1S/C16H26N2/c1-13-8-6-7-11-15(13)18(2)16(12-17)14-9-4-3-5-10-14/h6-8,11,14,16H,3-5,9-10,12,17H2,1-2H3. The lowest BCUT2D eigenvalue weighted by atomic mass is 9.83.